The molecule has 2 N–H and O–H groups in total. The van der Waals surface area contributed by atoms with Crippen LogP contribution in [0.5, 0.6) is 0 Å². The van der Waals surface area contributed by atoms with Gasteiger partial charge in [0.05, 0.1) is 0 Å². The van der Waals surface area contributed by atoms with E-state index in [-0.39, 0.29) is 17.7 Å². The number of carbonyl (C=O) groups is 3. The smallest absolute Gasteiger partial charge is 0.246 e. The van der Waals surface area contributed by atoms with Gasteiger partial charge in [0.2, 0.25) is 17.7 Å². The van der Waals surface area contributed by atoms with Crippen LogP contribution in [0.1, 0.15) is 11.1 Å². The monoisotopic (exact) mass is 512 g/mol. The van der Waals surface area contributed by atoms with Crippen LogP contribution < -0.4 is 10.6 Å². The van der Waals surface area contributed by atoms with Crippen LogP contribution in [-0.4, -0.2) is 73.8 Å². The molecule has 3 aromatic rings. The summed E-state index contributed by atoms with van der Waals surface area (Å²) < 4.78 is 0. The Labute approximate surface area is 224 Å². The van der Waals surface area contributed by atoms with Crippen LogP contribution >= 0.6 is 0 Å². The highest BCUT2D eigenvalue weighted by atomic mass is 16.2. The fourth-order valence-corrected chi connectivity index (χ4v) is 4.71. The summed E-state index contributed by atoms with van der Waals surface area (Å²) in [6.45, 7) is 1.70. The first-order valence-electron chi connectivity index (χ1n) is 13.0. The molecule has 0 aliphatic carbocycles. The molecule has 0 radical (unpaired) electrons. The van der Waals surface area contributed by atoms with E-state index in [9.17, 15) is 14.4 Å². The van der Waals surface area contributed by atoms with Crippen molar-refractivity contribution in [3.05, 3.63) is 96.1 Å². The lowest BCUT2D eigenvalue weighted by Gasteiger charge is -2.34. The van der Waals surface area contributed by atoms with E-state index >= 15 is 0 Å². The molecule has 4 rings (SSSR count). The Bertz CT molecular complexity index is 1300. The maximum absolute atomic E-state index is 14.0. The number of hydrogen-bond acceptors (Lipinski definition) is 4. The molecule has 1 aliphatic heterocycles. The summed E-state index contributed by atoms with van der Waals surface area (Å²) in [5.41, 5.74) is 1.90. The Morgan fingerprint density at radius 2 is 1.53 bits per heavy atom. The molecule has 0 saturated carbocycles. The third-order valence-corrected chi connectivity index (χ3v) is 7.30. The van der Waals surface area contributed by atoms with Gasteiger partial charge in [0, 0.05) is 53.0 Å². The van der Waals surface area contributed by atoms with E-state index in [4.69, 9.17) is 0 Å². The fourth-order valence-electron chi connectivity index (χ4n) is 4.71. The van der Waals surface area contributed by atoms with Crippen molar-refractivity contribution in [2.75, 3.05) is 34.2 Å². The van der Waals surface area contributed by atoms with E-state index in [2.05, 4.69) is 16.7 Å². The van der Waals surface area contributed by atoms with Gasteiger partial charge in [-0.05, 0) is 28.0 Å². The first-order valence-corrected chi connectivity index (χ1v) is 13.0. The molecule has 2 atom stereocenters. The number of rotatable bonds is 10. The second kappa shape index (κ2) is 12.5. The van der Waals surface area contributed by atoms with Gasteiger partial charge < -0.3 is 20.4 Å². The maximum Gasteiger partial charge on any atom is 0.246 e. The second-order valence-electron chi connectivity index (χ2n) is 9.90. The molecule has 0 spiro atoms. The van der Waals surface area contributed by atoms with Crippen molar-refractivity contribution in [3.8, 4) is 0 Å². The molecule has 0 aromatic heterocycles. The molecule has 1 fully saturated rings. The van der Waals surface area contributed by atoms with Crippen LogP contribution in [0.3, 0.4) is 0 Å². The van der Waals surface area contributed by atoms with Gasteiger partial charge in [0.25, 0.3) is 0 Å². The number of likely N-dealkylation sites (N-methyl/N-ethyl adjacent to an activating group) is 3. The molecule has 0 unspecified atom stereocenters. The largest absolute Gasteiger partial charge is 0.357 e. The van der Waals surface area contributed by atoms with Crippen molar-refractivity contribution < 1.29 is 14.4 Å². The minimum atomic E-state index is -0.777. The van der Waals surface area contributed by atoms with E-state index in [1.807, 2.05) is 72.8 Å². The van der Waals surface area contributed by atoms with E-state index in [1.54, 1.807) is 27.2 Å². The first-order chi connectivity index (χ1) is 18.4. The van der Waals surface area contributed by atoms with Gasteiger partial charge in [0.1, 0.15) is 12.1 Å². The van der Waals surface area contributed by atoms with Crippen LogP contribution in [0.2, 0.25) is 0 Å². The minimum Gasteiger partial charge on any atom is -0.357 e. The minimum absolute atomic E-state index is 0.232. The van der Waals surface area contributed by atoms with Crippen LogP contribution in [0.15, 0.2) is 84.9 Å². The Morgan fingerprint density at radius 3 is 2.18 bits per heavy atom. The molecule has 198 valence electrons. The molecular formula is C31H36N4O3. The van der Waals surface area contributed by atoms with Gasteiger partial charge in [-0.15, -0.1) is 0 Å². The van der Waals surface area contributed by atoms with Gasteiger partial charge in [-0.1, -0.05) is 78.9 Å². The van der Waals surface area contributed by atoms with E-state index in [0.717, 1.165) is 35.0 Å². The molecule has 7 nitrogen and oxygen atoms in total. The predicted octanol–water partition coefficient (Wildman–Crippen LogP) is 2.80. The van der Waals surface area contributed by atoms with Gasteiger partial charge in [-0.25, -0.2) is 0 Å². The number of hydrogen-bond donors (Lipinski definition) is 2. The second-order valence-corrected chi connectivity index (χ2v) is 9.90. The van der Waals surface area contributed by atoms with Crippen molar-refractivity contribution in [3.63, 3.8) is 0 Å². The summed E-state index contributed by atoms with van der Waals surface area (Å²) in [7, 11) is 4.88. The third-order valence-electron chi connectivity index (χ3n) is 7.30. The lowest BCUT2D eigenvalue weighted by molar-refractivity contribution is -0.146. The molecule has 3 aromatic carbocycles. The maximum atomic E-state index is 14.0. The number of nitrogens with zero attached hydrogens (tertiary/aromatic N) is 2. The van der Waals surface area contributed by atoms with E-state index in [1.165, 1.54) is 9.80 Å². The Balaban J connectivity index is 1.62. The van der Waals surface area contributed by atoms with Crippen molar-refractivity contribution >= 4 is 28.5 Å². The summed E-state index contributed by atoms with van der Waals surface area (Å²) in [6, 6.07) is 22.3. The van der Waals surface area contributed by atoms with Crippen LogP contribution in [0.25, 0.3) is 10.8 Å². The number of carbonyl (C=O) groups excluding carboxylic acids is 3. The van der Waals surface area contributed by atoms with Gasteiger partial charge >= 0.3 is 0 Å². The molecule has 3 amide bonds. The highest BCUT2D eigenvalue weighted by molar-refractivity contribution is 5.95. The predicted molar refractivity (Wildman–Crippen MR) is 150 cm³/mol. The third kappa shape index (κ3) is 6.47. The zero-order valence-corrected chi connectivity index (χ0v) is 22.3. The fraction of sp³-hybridized carbons (Fsp3) is 0.323. The van der Waals surface area contributed by atoms with Gasteiger partial charge in [0.15, 0.2) is 0 Å². The van der Waals surface area contributed by atoms with E-state index < -0.39 is 12.1 Å². The lowest BCUT2D eigenvalue weighted by atomic mass is 9.98. The molecule has 1 aliphatic rings. The number of fused-ring (bicyclic) bond motifs is 1. The summed E-state index contributed by atoms with van der Waals surface area (Å²) in [5, 5.41) is 8.07. The molecular weight excluding hydrogens is 476 g/mol. The lowest BCUT2D eigenvalue weighted by Crippen LogP contribution is -2.55. The van der Waals surface area contributed by atoms with Crippen molar-refractivity contribution in [2.24, 2.45) is 5.92 Å². The zero-order valence-electron chi connectivity index (χ0n) is 22.3. The molecule has 1 saturated heterocycles. The number of benzene rings is 3. The first kappa shape index (κ1) is 27.1. The normalized spacial score (nSPS) is 15.0. The van der Waals surface area contributed by atoms with Crippen LogP contribution in [-0.2, 0) is 27.2 Å². The number of nitrogens with one attached hydrogen (secondary N) is 2. The standard InChI is InChI=1S/C31H36N4O3/c1-32-30(37)27(18-22-9-5-4-6-10-22)35(3)31(38)28(34(2)29(36)16-14-24-20-33-21-24)19-23-13-15-25-11-7-8-12-26(25)17-23/h4-17,24,27-28,33H,18-21H2,1-3H3,(H,32,37)/t27-,28-/m1/s1. The molecule has 7 heteroatoms. The summed E-state index contributed by atoms with van der Waals surface area (Å²) in [6.07, 6.45) is 4.17. The molecule has 1 heterocycles. The molecule has 0 bridgehead atoms. The average molecular weight is 513 g/mol. The summed E-state index contributed by atoms with van der Waals surface area (Å²) >= 11 is 0. The van der Waals surface area contributed by atoms with Gasteiger partial charge in [-0.3, -0.25) is 14.4 Å². The highest BCUT2D eigenvalue weighted by Crippen LogP contribution is 2.20. The SMILES string of the molecule is CNC(=O)[C@@H](Cc1ccccc1)N(C)C(=O)[C@@H](Cc1ccc2ccccc2c1)N(C)C(=O)C=CC1CNC1. The average Bonchev–Trinajstić information content (AvgIpc) is 2.92. The highest BCUT2D eigenvalue weighted by Gasteiger charge is 2.34. The quantitative estimate of drug-likeness (QED) is 0.410. The van der Waals surface area contributed by atoms with E-state index in [0.29, 0.717) is 18.8 Å². The van der Waals surface area contributed by atoms with Crippen molar-refractivity contribution in [2.45, 2.75) is 24.9 Å². The summed E-state index contributed by atoms with van der Waals surface area (Å²) in [4.78, 5) is 43.1. The summed E-state index contributed by atoms with van der Waals surface area (Å²) in [5.74, 6) is -0.435. The number of amides is 3. The Kier molecular flexibility index (Phi) is 8.92. The Hall–Kier alpha value is -3.97. The van der Waals surface area contributed by atoms with Crippen LogP contribution in [0.4, 0.5) is 0 Å². The van der Waals surface area contributed by atoms with Crippen molar-refractivity contribution in [1.82, 2.24) is 20.4 Å². The van der Waals surface area contributed by atoms with Crippen molar-refractivity contribution in [1.29, 1.82) is 0 Å². The molecule has 38 heavy (non-hydrogen) atoms. The van der Waals surface area contributed by atoms with Crippen LogP contribution in [0, 0.1) is 5.92 Å². The zero-order chi connectivity index (χ0) is 27.1. The van der Waals surface area contributed by atoms with Gasteiger partial charge in [-0.2, -0.15) is 0 Å². The topological polar surface area (TPSA) is 81.8 Å². The Morgan fingerprint density at radius 1 is 0.868 bits per heavy atom.